The smallest absolute Gasteiger partial charge is 0.140 e. The Morgan fingerprint density at radius 2 is 1.50 bits per heavy atom. The summed E-state index contributed by atoms with van der Waals surface area (Å²) in [6.07, 6.45) is 0. The number of hydrogen-bond acceptors (Lipinski definition) is 2. The fraction of sp³-hybridized carbons (Fsp3) is 0.0714. The molecule has 0 aliphatic carbocycles. The molecule has 0 atom stereocenters. The minimum Gasteiger partial charge on any atom is -0.326 e. The Labute approximate surface area is 104 Å². The lowest BCUT2D eigenvalue weighted by Crippen LogP contribution is -1.98. The van der Waals surface area contributed by atoms with E-state index in [1.165, 1.54) is 18.2 Å². The third-order valence-corrected chi connectivity index (χ3v) is 2.17. The maximum Gasteiger partial charge on any atom is 0.140 e. The zero-order chi connectivity index (χ0) is 13.4. The van der Waals surface area contributed by atoms with Gasteiger partial charge in [-0.1, -0.05) is 30.3 Å². The van der Waals surface area contributed by atoms with E-state index in [9.17, 15) is 8.78 Å². The normalized spacial score (nSPS) is 9.00. The van der Waals surface area contributed by atoms with Gasteiger partial charge in [-0.2, -0.15) is 5.26 Å². The van der Waals surface area contributed by atoms with Crippen LogP contribution < -0.4 is 5.73 Å². The highest BCUT2D eigenvalue weighted by atomic mass is 19.1. The first-order chi connectivity index (χ1) is 8.69. The van der Waals surface area contributed by atoms with E-state index in [0.717, 1.165) is 0 Å². The first-order valence-corrected chi connectivity index (χ1v) is 5.27. The van der Waals surface area contributed by atoms with E-state index in [1.807, 2.05) is 0 Å². The van der Waals surface area contributed by atoms with Gasteiger partial charge >= 0.3 is 0 Å². The summed E-state index contributed by atoms with van der Waals surface area (Å²) < 4.78 is 24.9. The Bertz CT molecular complexity index is 541. The van der Waals surface area contributed by atoms with E-state index in [4.69, 9.17) is 11.0 Å². The summed E-state index contributed by atoms with van der Waals surface area (Å²) in [5.74, 6) is -0.681. The van der Waals surface area contributed by atoms with Crippen LogP contribution in [0.1, 0.15) is 11.1 Å². The second-order valence-electron chi connectivity index (χ2n) is 3.39. The summed E-state index contributed by atoms with van der Waals surface area (Å²) in [5.41, 5.74) is 5.87. The first-order valence-electron chi connectivity index (χ1n) is 5.27. The van der Waals surface area contributed by atoms with Gasteiger partial charge in [0, 0.05) is 12.1 Å². The second kappa shape index (κ2) is 7.15. The number of hydrogen-bond donors (Lipinski definition) is 1. The van der Waals surface area contributed by atoms with Crippen molar-refractivity contribution >= 4 is 0 Å². The van der Waals surface area contributed by atoms with Crippen LogP contribution in [-0.2, 0) is 6.54 Å². The van der Waals surface area contributed by atoms with Gasteiger partial charge in [0.15, 0.2) is 0 Å². The van der Waals surface area contributed by atoms with Crippen molar-refractivity contribution in [3.8, 4) is 6.07 Å². The third kappa shape index (κ3) is 3.96. The van der Waals surface area contributed by atoms with Crippen LogP contribution in [0, 0.1) is 23.0 Å². The molecule has 0 spiro atoms. The molecule has 0 aliphatic heterocycles. The van der Waals surface area contributed by atoms with Crippen molar-refractivity contribution in [3.05, 3.63) is 71.3 Å². The molecule has 2 N–H and O–H groups in total. The van der Waals surface area contributed by atoms with Crippen molar-refractivity contribution in [2.45, 2.75) is 6.54 Å². The fourth-order valence-corrected chi connectivity index (χ4v) is 1.22. The highest BCUT2D eigenvalue weighted by molar-refractivity contribution is 5.29. The van der Waals surface area contributed by atoms with Gasteiger partial charge in [0.05, 0.1) is 5.56 Å². The van der Waals surface area contributed by atoms with Gasteiger partial charge in [-0.25, -0.2) is 8.78 Å². The van der Waals surface area contributed by atoms with Crippen LogP contribution >= 0.6 is 0 Å². The Hall–Kier alpha value is -2.25. The SMILES string of the molecule is N#Cc1ccccc1F.NCc1ccccc1F. The minimum absolute atomic E-state index is 0.0949. The summed E-state index contributed by atoms with van der Waals surface area (Å²) in [5, 5.41) is 8.23. The summed E-state index contributed by atoms with van der Waals surface area (Å²) in [4.78, 5) is 0. The quantitative estimate of drug-likeness (QED) is 0.840. The molecule has 0 radical (unpaired) electrons. The molecule has 0 amide bonds. The van der Waals surface area contributed by atoms with Crippen molar-refractivity contribution < 1.29 is 8.78 Å². The molecule has 0 unspecified atom stereocenters. The van der Waals surface area contributed by atoms with Crippen LogP contribution in [0.5, 0.6) is 0 Å². The molecule has 2 aromatic carbocycles. The molecule has 0 aliphatic rings. The maximum absolute atomic E-state index is 12.5. The van der Waals surface area contributed by atoms with E-state index >= 15 is 0 Å². The summed E-state index contributed by atoms with van der Waals surface area (Å²) in [6, 6.07) is 14.1. The Morgan fingerprint density at radius 1 is 0.944 bits per heavy atom. The van der Waals surface area contributed by atoms with Gasteiger partial charge in [-0.3, -0.25) is 0 Å². The zero-order valence-electron chi connectivity index (χ0n) is 9.61. The predicted molar refractivity (Wildman–Crippen MR) is 65.4 cm³/mol. The maximum atomic E-state index is 12.5. The largest absolute Gasteiger partial charge is 0.326 e. The molecule has 0 heterocycles. The molecule has 0 aromatic heterocycles. The number of benzene rings is 2. The molecule has 4 heteroatoms. The topological polar surface area (TPSA) is 49.8 Å². The molecule has 18 heavy (non-hydrogen) atoms. The van der Waals surface area contributed by atoms with Gasteiger partial charge in [0.1, 0.15) is 17.7 Å². The highest BCUT2D eigenvalue weighted by Crippen LogP contribution is 2.03. The molecule has 92 valence electrons. The van der Waals surface area contributed by atoms with Crippen LogP contribution in [0.3, 0.4) is 0 Å². The molecule has 0 fully saturated rings. The lowest BCUT2D eigenvalue weighted by molar-refractivity contribution is 0.610. The van der Waals surface area contributed by atoms with Gasteiger partial charge < -0.3 is 5.73 Å². The molecule has 0 saturated carbocycles. The van der Waals surface area contributed by atoms with E-state index in [-0.39, 0.29) is 17.9 Å². The Balaban J connectivity index is 0.000000180. The minimum atomic E-state index is -0.458. The predicted octanol–water partition coefficient (Wildman–Crippen LogP) is 2.98. The van der Waals surface area contributed by atoms with Gasteiger partial charge in [-0.15, -0.1) is 0 Å². The van der Waals surface area contributed by atoms with Crippen molar-refractivity contribution in [3.63, 3.8) is 0 Å². The average Bonchev–Trinajstić information content (AvgIpc) is 2.41. The molecule has 0 bridgehead atoms. The molecular weight excluding hydrogens is 234 g/mol. The van der Waals surface area contributed by atoms with Gasteiger partial charge in [-0.05, 0) is 18.2 Å². The highest BCUT2D eigenvalue weighted by Gasteiger charge is 1.95. The Morgan fingerprint density at radius 3 is 1.89 bits per heavy atom. The lowest BCUT2D eigenvalue weighted by atomic mass is 10.2. The van der Waals surface area contributed by atoms with E-state index in [2.05, 4.69) is 0 Å². The van der Waals surface area contributed by atoms with Crippen molar-refractivity contribution in [1.82, 2.24) is 0 Å². The second-order valence-corrected chi connectivity index (χ2v) is 3.39. The lowest BCUT2D eigenvalue weighted by Gasteiger charge is -1.94. The zero-order valence-corrected chi connectivity index (χ0v) is 9.61. The van der Waals surface area contributed by atoms with E-state index in [0.29, 0.717) is 5.56 Å². The van der Waals surface area contributed by atoms with Gasteiger partial charge in [0.25, 0.3) is 0 Å². The Kier molecular flexibility index (Phi) is 5.49. The van der Waals surface area contributed by atoms with Gasteiger partial charge in [0.2, 0.25) is 0 Å². The molecule has 2 rings (SSSR count). The number of nitrogens with zero attached hydrogens (tertiary/aromatic N) is 1. The monoisotopic (exact) mass is 246 g/mol. The van der Waals surface area contributed by atoms with Crippen LogP contribution in [-0.4, -0.2) is 0 Å². The van der Waals surface area contributed by atoms with Crippen molar-refractivity contribution in [2.24, 2.45) is 5.73 Å². The molecule has 2 aromatic rings. The number of rotatable bonds is 1. The van der Waals surface area contributed by atoms with Crippen molar-refractivity contribution in [2.75, 3.05) is 0 Å². The first kappa shape index (κ1) is 13.8. The summed E-state index contributed by atoms with van der Waals surface area (Å²) >= 11 is 0. The molecule has 2 nitrogen and oxygen atoms in total. The number of nitriles is 1. The number of halogens is 2. The van der Waals surface area contributed by atoms with E-state index < -0.39 is 5.82 Å². The van der Waals surface area contributed by atoms with Crippen LogP contribution in [0.2, 0.25) is 0 Å². The van der Waals surface area contributed by atoms with Crippen LogP contribution in [0.15, 0.2) is 48.5 Å². The van der Waals surface area contributed by atoms with E-state index in [1.54, 1.807) is 36.4 Å². The van der Waals surface area contributed by atoms with Crippen LogP contribution in [0.4, 0.5) is 8.78 Å². The van der Waals surface area contributed by atoms with Crippen molar-refractivity contribution in [1.29, 1.82) is 5.26 Å². The number of nitrogens with two attached hydrogens (primary N) is 1. The molecular formula is C14H12F2N2. The summed E-state index contributed by atoms with van der Waals surface area (Å²) in [7, 11) is 0. The van der Waals surface area contributed by atoms with Crippen LogP contribution in [0.25, 0.3) is 0 Å². The molecule has 0 saturated heterocycles. The average molecular weight is 246 g/mol. The fourth-order valence-electron chi connectivity index (χ4n) is 1.22. The standard InChI is InChI=1S/C7H8FN.C7H4FN/c2*8-7-4-2-1-3-6(7)5-9/h1-4H,5,9H2;1-4H. The third-order valence-electron chi connectivity index (χ3n) is 2.17. The summed E-state index contributed by atoms with van der Waals surface area (Å²) in [6.45, 7) is 0.271.